The van der Waals surface area contributed by atoms with Crippen LogP contribution in [0.4, 0.5) is 0 Å². The van der Waals surface area contributed by atoms with Gasteiger partial charge >= 0.3 is 0 Å². The molecule has 0 aliphatic heterocycles. The van der Waals surface area contributed by atoms with Crippen molar-refractivity contribution in [1.82, 2.24) is 0 Å². The van der Waals surface area contributed by atoms with Gasteiger partial charge in [-0.3, -0.25) is 4.79 Å². The average Bonchev–Trinajstić information content (AvgIpc) is 2.74. The van der Waals surface area contributed by atoms with Crippen LogP contribution >= 0.6 is 0 Å². The second-order valence-electron chi connectivity index (χ2n) is 4.35. The standard InChI is InChI=1S/C15H18O.2C2H6/c1-2-14(16)11-13-9-4-3-7-12-8-5-6-10-15(12)13;2*1-2/h5-6,8,10-11H,2-4,7,9H2,1H3;2*1-2H3. The Morgan fingerprint density at radius 2 is 1.65 bits per heavy atom. The number of rotatable bonds is 2. The zero-order chi connectivity index (χ0) is 15.4. The summed E-state index contributed by atoms with van der Waals surface area (Å²) in [5, 5.41) is 0. The Morgan fingerprint density at radius 3 is 2.30 bits per heavy atom. The number of benzene rings is 1. The molecule has 2 rings (SSSR count). The van der Waals surface area contributed by atoms with E-state index in [1.165, 1.54) is 29.5 Å². The highest BCUT2D eigenvalue weighted by molar-refractivity contribution is 5.97. The van der Waals surface area contributed by atoms with Crippen LogP contribution in [0.3, 0.4) is 0 Å². The van der Waals surface area contributed by atoms with Gasteiger partial charge in [-0.1, -0.05) is 58.9 Å². The monoisotopic (exact) mass is 274 g/mol. The molecule has 0 amide bonds. The number of fused-ring (bicyclic) bond motifs is 1. The molecule has 0 saturated heterocycles. The quantitative estimate of drug-likeness (QED) is 0.490. The molecule has 0 atom stereocenters. The third-order valence-electron chi connectivity index (χ3n) is 3.19. The molecule has 112 valence electrons. The summed E-state index contributed by atoms with van der Waals surface area (Å²) in [6, 6.07) is 8.48. The van der Waals surface area contributed by atoms with E-state index in [9.17, 15) is 4.79 Å². The van der Waals surface area contributed by atoms with Gasteiger partial charge in [0, 0.05) is 6.42 Å². The van der Waals surface area contributed by atoms with Crippen LogP contribution in [0.1, 0.15) is 71.4 Å². The van der Waals surface area contributed by atoms with Crippen LogP contribution in [0.15, 0.2) is 30.3 Å². The van der Waals surface area contributed by atoms with E-state index in [1.807, 2.05) is 40.7 Å². The molecule has 0 aromatic heterocycles. The summed E-state index contributed by atoms with van der Waals surface area (Å²) in [7, 11) is 0. The predicted molar refractivity (Wildman–Crippen MR) is 90.0 cm³/mol. The fourth-order valence-electron chi connectivity index (χ4n) is 2.26. The lowest BCUT2D eigenvalue weighted by atomic mass is 9.97. The molecule has 1 heteroatoms. The van der Waals surface area contributed by atoms with Gasteiger partial charge in [0.05, 0.1) is 0 Å². The van der Waals surface area contributed by atoms with E-state index >= 15 is 0 Å². The normalized spacial score (nSPS) is 14.9. The van der Waals surface area contributed by atoms with Crippen LogP contribution in [0.25, 0.3) is 5.57 Å². The first kappa shape index (κ1) is 18.6. The summed E-state index contributed by atoms with van der Waals surface area (Å²) >= 11 is 0. The first-order valence-corrected chi connectivity index (χ1v) is 8.13. The minimum absolute atomic E-state index is 0.242. The van der Waals surface area contributed by atoms with Gasteiger partial charge in [-0.2, -0.15) is 0 Å². The zero-order valence-corrected chi connectivity index (χ0v) is 13.8. The SMILES string of the molecule is CC.CC.CCC(=O)C=C1CCCCc2ccccc21. The van der Waals surface area contributed by atoms with Crippen LogP contribution in [-0.2, 0) is 11.2 Å². The smallest absolute Gasteiger partial charge is 0.155 e. The first-order chi connectivity index (χ1) is 9.81. The average molecular weight is 274 g/mol. The second kappa shape index (κ2) is 11.5. The van der Waals surface area contributed by atoms with Crippen LogP contribution in [0.5, 0.6) is 0 Å². The molecule has 20 heavy (non-hydrogen) atoms. The highest BCUT2D eigenvalue weighted by atomic mass is 16.1. The number of hydrogen-bond donors (Lipinski definition) is 0. The van der Waals surface area contributed by atoms with E-state index in [2.05, 4.69) is 24.3 Å². The molecule has 1 aliphatic rings. The molecule has 1 aromatic carbocycles. The molecule has 0 radical (unpaired) electrons. The number of carbonyl (C=O) groups is 1. The Bertz CT molecular complexity index is 416. The van der Waals surface area contributed by atoms with Crippen molar-refractivity contribution in [2.75, 3.05) is 0 Å². The molecule has 1 aliphatic carbocycles. The Hall–Kier alpha value is -1.37. The molecular weight excluding hydrogens is 244 g/mol. The van der Waals surface area contributed by atoms with Crippen LogP contribution < -0.4 is 0 Å². The molecule has 0 saturated carbocycles. The largest absolute Gasteiger partial charge is 0.295 e. The molecule has 1 aromatic rings. The minimum atomic E-state index is 0.242. The molecular formula is C19H30O. The summed E-state index contributed by atoms with van der Waals surface area (Å²) in [6.07, 6.45) is 7.07. The highest BCUT2D eigenvalue weighted by Gasteiger charge is 2.12. The lowest BCUT2D eigenvalue weighted by molar-refractivity contribution is -0.114. The van der Waals surface area contributed by atoms with Crippen molar-refractivity contribution in [1.29, 1.82) is 0 Å². The lowest BCUT2D eigenvalue weighted by Gasteiger charge is -2.07. The molecule has 0 bridgehead atoms. The van der Waals surface area contributed by atoms with Crippen LogP contribution in [0.2, 0.25) is 0 Å². The van der Waals surface area contributed by atoms with Gasteiger partial charge in [0.25, 0.3) is 0 Å². The maximum absolute atomic E-state index is 11.5. The van der Waals surface area contributed by atoms with Gasteiger partial charge in [-0.25, -0.2) is 0 Å². The number of allylic oxidation sites excluding steroid dienone is 2. The first-order valence-electron chi connectivity index (χ1n) is 8.13. The van der Waals surface area contributed by atoms with Crippen molar-refractivity contribution in [2.45, 2.75) is 66.7 Å². The van der Waals surface area contributed by atoms with Crippen molar-refractivity contribution >= 4 is 11.4 Å². The van der Waals surface area contributed by atoms with E-state index in [4.69, 9.17) is 0 Å². The van der Waals surface area contributed by atoms with E-state index in [-0.39, 0.29) is 5.78 Å². The Kier molecular flexibility index (Phi) is 10.7. The minimum Gasteiger partial charge on any atom is -0.295 e. The van der Waals surface area contributed by atoms with E-state index in [1.54, 1.807) is 0 Å². The fraction of sp³-hybridized carbons (Fsp3) is 0.526. The Labute approximate surface area is 125 Å². The Balaban J connectivity index is 0.000000829. The van der Waals surface area contributed by atoms with E-state index < -0.39 is 0 Å². The topological polar surface area (TPSA) is 17.1 Å². The molecule has 0 unspecified atom stereocenters. The van der Waals surface area contributed by atoms with Crippen molar-refractivity contribution in [3.05, 3.63) is 41.5 Å². The lowest BCUT2D eigenvalue weighted by Crippen LogP contribution is -1.94. The van der Waals surface area contributed by atoms with E-state index in [0.717, 1.165) is 12.8 Å². The summed E-state index contributed by atoms with van der Waals surface area (Å²) in [4.78, 5) is 11.5. The van der Waals surface area contributed by atoms with Gasteiger partial charge in [0.2, 0.25) is 0 Å². The van der Waals surface area contributed by atoms with Gasteiger partial charge in [-0.15, -0.1) is 0 Å². The molecule has 0 heterocycles. The van der Waals surface area contributed by atoms with Crippen molar-refractivity contribution < 1.29 is 4.79 Å². The van der Waals surface area contributed by atoms with Gasteiger partial charge in [0.1, 0.15) is 0 Å². The third-order valence-corrected chi connectivity index (χ3v) is 3.19. The van der Waals surface area contributed by atoms with Crippen molar-refractivity contribution in [3.8, 4) is 0 Å². The summed E-state index contributed by atoms with van der Waals surface area (Å²) < 4.78 is 0. The Morgan fingerprint density at radius 1 is 1.05 bits per heavy atom. The predicted octanol–water partition coefficient (Wildman–Crippen LogP) is 5.83. The molecule has 0 fully saturated rings. The number of ketones is 1. The summed E-state index contributed by atoms with van der Waals surface area (Å²) in [5.41, 5.74) is 3.93. The van der Waals surface area contributed by atoms with Crippen molar-refractivity contribution in [2.24, 2.45) is 0 Å². The van der Waals surface area contributed by atoms with Crippen molar-refractivity contribution in [3.63, 3.8) is 0 Å². The van der Waals surface area contributed by atoms with E-state index in [0.29, 0.717) is 6.42 Å². The highest BCUT2D eigenvalue weighted by Crippen LogP contribution is 2.29. The molecule has 1 nitrogen and oxygen atoms in total. The maximum atomic E-state index is 11.5. The number of hydrogen-bond acceptors (Lipinski definition) is 1. The molecule has 0 N–H and O–H groups in total. The van der Waals surface area contributed by atoms with Gasteiger partial charge in [0.15, 0.2) is 5.78 Å². The second-order valence-corrected chi connectivity index (χ2v) is 4.35. The summed E-state index contributed by atoms with van der Waals surface area (Å²) in [6.45, 7) is 9.92. The maximum Gasteiger partial charge on any atom is 0.155 e. The molecule has 0 spiro atoms. The number of carbonyl (C=O) groups excluding carboxylic acids is 1. The van der Waals surface area contributed by atoms with Gasteiger partial charge < -0.3 is 0 Å². The summed E-state index contributed by atoms with van der Waals surface area (Å²) in [5.74, 6) is 0.242. The van der Waals surface area contributed by atoms with Crippen LogP contribution in [-0.4, -0.2) is 5.78 Å². The zero-order valence-electron chi connectivity index (χ0n) is 13.8. The van der Waals surface area contributed by atoms with Gasteiger partial charge in [-0.05, 0) is 48.5 Å². The fourth-order valence-corrected chi connectivity index (χ4v) is 2.26. The van der Waals surface area contributed by atoms with Crippen LogP contribution in [0, 0.1) is 0 Å². The number of aryl methyl sites for hydroxylation is 1. The third kappa shape index (κ3) is 5.73.